The number of oxime groups is 1. The summed E-state index contributed by atoms with van der Waals surface area (Å²) in [6, 6.07) is 0. The molecule has 0 saturated heterocycles. The Kier molecular flexibility index (Phi) is 3.32. The molecule has 0 fully saturated rings. The van der Waals surface area contributed by atoms with Gasteiger partial charge in [-0.15, -0.1) is 0 Å². The molecule has 0 aromatic carbocycles. The fourth-order valence-corrected chi connectivity index (χ4v) is 0.134. The summed E-state index contributed by atoms with van der Waals surface area (Å²) in [4.78, 5) is 13.9. The molecule has 0 radical (unpaired) electrons. The van der Waals surface area contributed by atoms with Crippen molar-refractivity contribution >= 4 is 23.1 Å². The van der Waals surface area contributed by atoms with E-state index in [1.807, 2.05) is 0 Å². The third kappa shape index (κ3) is 5.43. The van der Waals surface area contributed by atoms with Gasteiger partial charge in [0.05, 0.1) is 0 Å². The minimum atomic E-state index is -0.637. The number of hydrogen-bond acceptors (Lipinski definition) is 3. The molecule has 4 heteroatoms. The monoisotopic (exact) mass is 121 g/mol. The van der Waals surface area contributed by atoms with Gasteiger partial charge in [-0.05, 0) is 11.6 Å². The van der Waals surface area contributed by atoms with Crippen LogP contribution in [-0.2, 0) is 9.63 Å². The highest BCUT2D eigenvalue weighted by Crippen LogP contribution is 1.72. The summed E-state index contributed by atoms with van der Waals surface area (Å²) in [6.45, 7) is 0. The maximum Gasteiger partial charge on any atom is 0.266 e. The second-order valence-electron chi connectivity index (χ2n) is 0.721. The fourth-order valence-electron chi connectivity index (χ4n) is 0.0941. The van der Waals surface area contributed by atoms with E-state index in [-0.39, 0.29) is 0 Å². The van der Waals surface area contributed by atoms with E-state index < -0.39 is 5.24 Å². The number of hydrogen-bond donors (Lipinski definition) is 0. The quantitative estimate of drug-likeness (QED) is 0.301. The highest BCUT2D eigenvalue weighted by Gasteiger charge is 1.82. The Morgan fingerprint density at radius 3 is 2.71 bits per heavy atom. The minimum Gasteiger partial charge on any atom is -0.399 e. The van der Waals surface area contributed by atoms with Gasteiger partial charge in [0.1, 0.15) is 13.3 Å². The predicted octanol–water partition coefficient (Wildman–Crippen LogP) is 0.384. The van der Waals surface area contributed by atoms with Crippen molar-refractivity contribution in [1.82, 2.24) is 0 Å². The lowest BCUT2D eigenvalue weighted by molar-refractivity contribution is -0.106. The maximum absolute atomic E-state index is 9.74. The molecule has 0 aliphatic heterocycles. The van der Waals surface area contributed by atoms with Crippen LogP contribution in [0.3, 0.4) is 0 Å². The Hall–Kier alpha value is -0.570. The molecule has 0 aliphatic rings. The average molecular weight is 122 g/mol. The summed E-state index contributed by atoms with van der Waals surface area (Å²) >= 11 is 4.79. The van der Waals surface area contributed by atoms with E-state index >= 15 is 0 Å². The molecule has 0 amide bonds. The summed E-state index contributed by atoms with van der Waals surface area (Å²) in [5, 5.41) is 2.43. The summed E-state index contributed by atoms with van der Waals surface area (Å²) < 4.78 is 0. The molecular weight excluding hydrogens is 117 g/mol. The van der Waals surface area contributed by atoms with E-state index in [0.29, 0.717) is 0 Å². The third-order valence-corrected chi connectivity index (χ3v) is 0.357. The molecule has 0 aromatic rings. The van der Waals surface area contributed by atoms with Crippen LogP contribution in [0, 0.1) is 0 Å². The van der Waals surface area contributed by atoms with E-state index in [4.69, 9.17) is 11.6 Å². The van der Waals surface area contributed by atoms with Crippen LogP contribution in [0.25, 0.3) is 0 Å². The minimum absolute atomic E-state index is 0.637. The standard InChI is InChI=1S/C3H4ClNO2/c1-7-5-2-3(4)6/h2H,1H3. The molecule has 7 heavy (non-hydrogen) atoms. The van der Waals surface area contributed by atoms with Gasteiger partial charge < -0.3 is 4.84 Å². The smallest absolute Gasteiger partial charge is 0.266 e. The van der Waals surface area contributed by atoms with E-state index in [2.05, 4.69) is 9.99 Å². The second-order valence-corrected chi connectivity index (χ2v) is 1.09. The van der Waals surface area contributed by atoms with Crippen molar-refractivity contribution in [2.45, 2.75) is 0 Å². The molecule has 40 valence electrons. The van der Waals surface area contributed by atoms with E-state index in [1.54, 1.807) is 0 Å². The van der Waals surface area contributed by atoms with Crippen molar-refractivity contribution in [3.63, 3.8) is 0 Å². The van der Waals surface area contributed by atoms with Crippen LogP contribution >= 0.6 is 11.6 Å². The third-order valence-electron chi connectivity index (χ3n) is 0.260. The van der Waals surface area contributed by atoms with Crippen LogP contribution in [0.15, 0.2) is 5.16 Å². The summed E-state index contributed by atoms with van der Waals surface area (Å²) in [6.07, 6.45) is 0.877. The van der Waals surface area contributed by atoms with Crippen LogP contribution in [0.1, 0.15) is 0 Å². The van der Waals surface area contributed by atoms with E-state index in [1.165, 1.54) is 7.11 Å². The molecule has 0 atom stereocenters. The number of carbonyl (C=O) groups is 1. The van der Waals surface area contributed by atoms with Gasteiger partial charge in [-0.1, -0.05) is 5.16 Å². The summed E-state index contributed by atoms with van der Waals surface area (Å²) in [5.74, 6) is 0. The molecule has 0 rings (SSSR count). The zero-order valence-corrected chi connectivity index (χ0v) is 4.47. The highest BCUT2D eigenvalue weighted by molar-refractivity contribution is 6.77. The normalized spacial score (nSPS) is 9.43. The second kappa shape index (κ2) is 3.61. The van der Waals surface area contributed by atoms with Crippen molar-refractivity contribution in [3.05, 3.63) is 0 Å². The first-order chi connectivity index (χ1) is 3.27. The molecule has 0 unspecified atom stereocenters. The first-order valence-electron chi connectivity index (χ1n) is 1.53. The molecule has 0 heterocycles. The zero-order chi connectivity index (χ0) is 5.70. The maximum atomic E-state index is 9.74. The predicted molar refractivity (Wildman–Crippen MR) is 26.4 cm³/mol. The first-order valence-corrected chi connectivity index (χ1v) is 1.91. The Morgan fingerprint density at radius 1 is 2.00 bits per heavy atom. The Balaban J connectivity index is 3.26. The van der Waals surface area contributed by atoms with Gasteiger partial charge in [-0.2, -0.15) is 0 Å². The molecule has 0 aromatic heterocycles. The van der Waals surface area contributed by atoms with Gasteiger partial charge in [0.2, 0.25) is 0 Å². The van der Waals surface area contributed by atoms with Crippen molar-refractivity contribution in [2.75, 3.05) is 7.11 Å². The van der Waals surface area contributed by atoms with Gasteiger partial charge in [0.15, 0.2) is 0 Å². The number of carbonyl (C=O) groups excluding carboxylic acids is 1. The largest absolute Gasteiger partial charge is 0.399 e. The molecule has 0 N–H and O–H groups in total. The van der Waals surface area contributed by atoms with Crippen LogP contribution in [0.5, 0.6) is 0 Å². The van der Waals surface area contributed by atoms with Crippen molar-refractivity contribution in [3.8, 4) is 0 Å². The van der Waals surface area contributed by atoms with Gasteiger partial charge >= 0.3 is 0 Å². The zero-order valence-electron chi connectivity index (χ0n) is 3.72. The lowest BCUT2D eigenvalue weighted by atomic mass is 10.9. The Labute approximate surface area is 45.9 Å². The first kappa shape index (κ1) is 6.43. The van der Waals surface area contributed by atoms with Gasteiger partial charge in [0.25, 0.3) is 5.24 Å². The lowest BCUT2D eigenvalue weighted by Gasteiger charge is -1.77. The fraction of sp³-hybridized carbons (Fsp3) is 0.333. The molecule has 0 aliphatic carbocycles. The number of rotatable bonds is 2. The van der Waals surface area contributed by atoms with Crippen molar-refractivity contribution < 1.29 is 9.63 Å². The van der Waals surface area contributed by atoms with Gasteiger partial charge in [0, 0.05) is 0 Å². The lowest BCUT2D eigenvalue weighted by Crippen LogP contribution is -1.84. The molecule has 0 spiro atoms. The highest BCUT2D eigenvalue weighted by atomic mass is 35.5. The van der Waals surface area contributed by atoms with Gasteiger partial charge in [-0.3, -0.25) is 4.79 Å². The van der Waals surface area contributed by atoms with E-state index in [9.17, 15) is 4.79 Å². The summed E-state index contributed by atoms with van der Waals surface area (Å²) in [5.41, 5.74) is 0. The average Bonchev–Trinajstić information content (AvgIpc) is 1.61. The van der Waals surface area contributed by atoms with Crippen molar-refractivity contribution in [1.29, 1.82) is 0 Å². The molecule has 3 nitrogen and oxygen atoms in total. The number of nitrogens with zero attached hydrogens (tertiary/aromatic N) is 1. The Bertz CT molecular complexity index is 90.9. The van der Waals surface area contributed by atoms with Gasteiger partial charge in [-0.25, -0.2) is 0 Å². The number of halogens is 1. The molecule has 0 bridgehead atoms. The van der Waals surface area contributed by atoms with Crippen LogP contribution in [0.4, 0.5) is 0 Å². The summed E-state index contributed by atoms with van der Waals surface area (Å²) in [7, 11) is 1.33. The van der Waals surface area contributed by atoms with Crippen LogP contribution in [-0.4, -0.2) is 18.6 Å². The Morgan fingerprint density at radius 2 is 2.57 bits per heavy atom. The SMILES string of the molecule is CON=CC(=O)Cl. The van der Waals surface area contributed by atoms with Crippen LogP contribution in [0.2, 0.25) is 0 Å². The molecule has 0 saturated carbocycles. The van der Waals surface area contributed by atoms with Crippen molar-refractivity contribution in [2.24, 2.45) is 5.16 Å². The molecular formula is C3H4ClNO2. The van der Waals surface area contributed by atoms with E-state index in [0.717, 1.165) is 6.21 Å². The topological polar surface area (TPSA) is 38.7 Å². The van der Waals surface area contributed by atoms with Crippen LogP contribution < -0.4 is 0 Å².